The van der Waals surface area contributed by atoms with Crippen LogP contribution in [0.2, 0.25) is 0 Å². The zero-order valence-corrected chi connectivity index (χ0v) is 21.7. The molecule has 0 spiro atoms. The Kier molecular flexibility index (Phi) is 8.47. The lowest BCUT2D eigenvalue weighted by Crippen LogP contribution is -2.56. The predicted molar refractivity (Wildman–Crippen MR) is 128 cm³/mol. The van der Waals surface area contributed by atoms with E-state index < -0.39 is 62.3 Å². The first kappa shape index (κ1) is 28.8. The third-order valence-electron chi connectivity index (χ3n) is 5.42. The van der Waals surface area contributed by atoms with Crippen LogP contribution in [-0.4, -0.2) is 69.7 Å². The van der Waals surface area contributed by atoms with E-state index in [-0.39, 0.29) is 11.4 Å². The molecule has 2 aliphatic rings. The number of carbonyl (C=O) groups is 2. The van der Waals surface area contributed by atoms with Crippen LogP contribution in [0.1, 0.15) is 27.7 Å². The molecule has 2 heterocycles. The fourth-order valence-electron chi connectivity index (χ4n) is 3.57. The van der Waals surface area contributed by atoms with Crippen molar-refractivity contribution in [1.29, 1.82) is 0 Å². The Hall–Kier alpha value is -2.80. The van der Waals surface area contributed by atoms with Gasteiger partial charge in [0.1, 0.15) is 30.1 Å². The molecule has 0 bridgehead atoms. The summed E-state index contributed by atoms with van der Waals surface area (Å²) in [5.41, 5.74) is -2.06. The second-order valence-corrected chi connectivity index (χ2v) is 10.8. The molecule has 204 valence electrons. The number of carbonyl (C=O) groups excluding carboxylic acids is 2. The second-order valence-electron chi connectivity index (χ2n) is 9.07. The summed E-state index contributed by atoms with van der Waals surface area (Å²) in [7, 11) is -4.51. The number of urea groups is 1. The van der Waals surface area contributed by atoms with E-state index in [9.17, 15) is 24.4 Å². The van der Waals surface area contributed by atoms with Crippen LogP contribution in [0.15, 0.2) is 54.9 Å². The van der Waals surface area contributed by atoms with Crippen LogP contribution in [0.3, 0.4) is 0 Å². The summed E-state index contributed by atoms with van der Waals surface area (Å²) in [6, 6.07) is 5.78. The minimum absolute atomic E-state index is 0.0729. The largest absolute Gasteiger partial charge is 0.462 e. The number of nitrogens with zero attached hydrogens (tertiary/aromatic N) is 1. The predicted octanol–water partition coefficient (Wildman–Crippen LogP) is 2.31. The topological polar surface area (TPSA) is 156 Å². The molecule has 1 aromatic rings. The average Bonchev–Trinajstić information content (AvgIpc) is 2.98. The van der Waals surface area contributed by atoms with Crippen LogP contribution in [-0.2, 0) is 23.4 Å². The summed E-state index contributed by atoms with van der Waals surface area (Å²) in [6.45, 7) is 8.02. The van der Waals surface area contributed by atoms with Gasteiger partial charge in [0.2, 0.25) is 0 Å². The molecular weight excluding hydrogens is 512 g/mol. The van der Waals surface area contributed by atoms with Gasteiger partial charge in [-0.25, -0.2) is 13.8 Å². The van der Waals surface area contributed by atoms with Gasteiger partial charge in [-0.05, 0) is 45.9 Å². The maximum Gasteiger partial charge on any atom is 0.459 e. The minimum atomic E-state index is -4.51. The molecule has 14 heteroatoms. The zero-order valence-electron chi connectivity index (χ0n) is 20.8. The summed E-state index contributed by atoms with van der Waals surface area (Å²) >= 11 is 0. The molecule has 0 aromatic heterocycles. The SMILES string of the molecule is C=C1C=CN([C@@H]2O[C@](F)(COP(=O)(NC(C)C(=O)OC(C)C)Oc3ccccc3)[C@@H](O)[C@@]2(C)O)C(=O)N1. The van der Waals surface area contributed by atoms with Crippen molar-refractivity contribution in [1.82, 2.24) is 15.3 Å². The number of amides is 2. The smallest absolute Gasteiger partial charge is 0.459 e. The van der Waals surface area contributed by atoms with E-state index in [1.165, 1.54) is 31.3 Å². The quantitative estimate of drug-likeness (QED) is 0.255. The Morgan fingerprint density at radius 3 is 2.59 bits per heavy atom. The molecular formula is C23H31FN3O9P. The van der Waals surface area contributed by atoms with E-state index in [0.29, 0.717) is 0 Å². The Bertz CT molecular complexity index is 1100. The number of alkyl halides is 1. The molecule has 6 atom stereocenters. The normalized spacial score (nSPS) is 30.1. The number of allylic oxidation sites excluding steroid dienone is 1. The lowest BCUT2D eigenvalue weighted by Gasteiger charge is -2.34. The highest BCUT2D eigenvalue weighted by atomic mass is 31.2. The maximum absolute atomic E-state index is 15.9. The molecule has 1 aromatic carbocycles. The molecule has 0 aliphatic carbocycles. The molecule has 12 nitrogen and oxygen atoms in total. The first-order chi connectivity index (χ1) is 17.2. The van der Waals surface area contributed by atoms with E-state index in [2.05, 4.69) is 17.0 Å². The number of hydrogen-bond acceptors (Lipinski definition) is 9. The number of esters is 1. The molecule has 1 saturated heterocycles. The molecule has 2 unspecified atom stereocenters. The lowest BCUT2D eigenvalue weighted by molar-refractivity contribution is -0.204. The van der Waals surface area contributed by atoms with Gasteiger partial charge < -0.3 is 29.5 Å². The van der Waals surface area contributed by atoms with Gasteiger partial charge in [0.05, 0.1) is 6.10 Å². The Morgan fingerprint density at radius 2 is 2.00 bits per heavy atom. The fourth-order valence-corrected chi connectivity index (χ4v) is 5.07. The van der Waals surface area contributed by atoms with Crippen molar-refractivity contribution in [3.8, 4) is 5.75 Å². The van der Waals surface area contributed by atoms with Crippen molar-refractivity contribution in [2.45, 2.75) is 63.6 Å². The van der Waals surface area contributed by atoms with Gasteiger partial charge in [-0.1, -0.05) is 24.8 Å². The third kappa shape index (κ3) is 6.56. The minimum Gasteiger partial charge on any atom is -0.462 e. The number of rotatable bonds is 10. The van der Waals surface area contributed by atoms with Crippen LogP contribution in [0, 0.1) is 0 Å². The highest BCUT2D eigenvalue weighted by molar-refractivity contribution is 7.52. The molecule has 3 rings (SSSR count). The number of aliphatic hydroxyl groups excluding tert-OH is 1. The molecule has 0 radical (unpaired) electrons. The van der Waals surface area contributed by atoms with Crippen molar-refractivity contribution in [2.24, 2.45) is 0 Å². The number of aliphatic hydroxyl groups is 2. The van der Waals surface area contributed by atoms with Crippen LogP contribution >= 0.6 is 7.75 Å². The van der Waals surface area contributed by atoms with Crippen molar-refractivity contribution in [3.63, 3.8) is 0 Å². The Labute approximate surface area is 213 Å². The first-order valence-corrected chi connectivity index (χ1v) is 12.9. The monoisotopic (exact) mass is 543 g/mol. The van der Waals surface area contributed by atoms with Crippen LogP contribution in [0.25, 0.3) is 0 Å². The standard InChI is InChI=1S/C23H31FN3O9P/c1-14(2)34-18(28)16(4)26-37(32,36-17-9-7-6-8-10-17)33-13-23(24)19(29)22(5,31)20(35-23)27-12-11-15(3)25-21(27)30/h6-12,14,16,19-20,29,31H,3,13H2,1-2,4-5H3,(H,25,30)(H,26,32)/t16?,19-,20+,22+,23+,37?/m0/s1. The van der Waals surface area contributed by atoms with Crippen molar-refractivity contribution >= 4 is 19.7 Å². The number of nitrogens with one attached hydrogen (secondary N) is 2. The summed E-state index contributed by atoms with van der Waals surface area (Å²) < 4.78 is 50.6. The van der Waals surface area contributed by atoms with E-state index in [0.717, 1.165) is 11.8 Å². The van der Waals surface area contributed by atoms with Crippen molar-refractivity contribution in [2.75, 3.05) is 6.61 Å². The Morgan fingerprint density at radius 1 is 1.35 bits per heavy atom. The van der Waals surface area contributed by atoms with Crippen molar-refractivity contribution < 1.29 is 47.3 Å². The molecule has 4 N–H and O–H groups in total. The number of halogens is 1. The highest BCUT2D eigenvalue weighted by Crippen LogP contribution is 2.49. The summed E-state index contributed by atoms with van der Waals surface area (Å²) in [4.78, 5) is 25.4. The van der Waals surface area contributed by atoms with Gasteiger partial charge in [0.25, 0.3) is 5.85 Å². The average molecular weight is 543 g/mol. The third-order valence-corrected chi connectivity index (χ3v) is 7.04. The van der Waals surface area contributed by atoms with Gasteiger partial charge in [0, 0.05) is 11.9 Å². The molecule has 37 heavy (non-hydrogen) atoms. The lowest BCUT2D eigenvalue weighted by atomic mass is 9.95. The summed E-state index contributed by atoms with van der Waals surface area (Å²) in [5.74, 6) is -3.84. The van der Waals surface area contributed by atoms with Gasteiger partial charge in [-0.2, -0.15) is 5.09 Å². The second kappa shape index (κ2) is 10.9. The number of para-hydroxylation sites is 1. The maximum atomic E-state index is 15.9. The van der Waals surface area contributed by atoms with Crippen molar-refractivity contribution in [3.05, 3.63) is 54.9 Å². The fraction of sp³-hybridized carbons (Fsp3) is 0.478. The number of hydrogen-bond donors (Lipinski definition) is 4. The molecule has 2 amide bonds. The van der Waals surface area contributed by atoms with E-state index >= 15 is 4.39 Å². The summed E-state index contributed by atoms with van der Waals surface area (Å²) in [6.07, 6.45) is -1.81. The molecule has 2 aliphatic heterocycles. The van der Waals surface area contributed by atoms with Gasteiger partial charge in [-0.3, -0.25) is 14.2 Å². The van der Waals surface area contributed by atoms with Crippen LogP contribution in [0.4, 0.5) is 9.18 Å². The van der Waals surface area contributed by atoms with E-state index in [1.54, 1.807) is 32.0 Å². The first-order valence-electron chi connectivity index (χ1n) is 11.4. The van der Waals surface area contributed by atoms with E-state index in [1.807, 2.05) is 0 Å². The Balaban J connectivity index is 1.82. The van der Waals surface area contributed by atoms with Crippen LogP contribution in [0.5, 0.6) is 5.75 Å². The molecule has 0 saturated carbocycles. The number of benzene rings is 1. The van der Waals surface area contributed by atoms with Gasteiger partial charge in [0.15, 0.2) is 6.23 Å². The molecule has 1 fully saturated rings. The van der Waals surface area contributed by atoms with Gasteiger partial charge in [-0.15, -0.1) is 0 Å². The highest BCUT2D eigenvalue weighted by Gasteiger charge is 2.65. The summed E-state index contributed by atoms with van der Waals surface area (Å²) in [5, 5.41) is 26.2. The van der Waals surface area contributed by atoms with E-state index in [4.69, 9.17) is 18.5 Å². The number of ether oxygens (including phenoxy) is 2. The van der Waals surface area contributed by atoms with Crippen LogP contribution < -0.4 is 14.9 Å². The van der Waals surface area contributed by atoms with Gasteiger partial charge >= 0.3 is 19.7 Å². The zero-order chi connectivity index (χ0) is 27.6.